The first-order valence-electron chi connectivity index (χ1n) is 6.35. The van der Waals surface area contributed by atoms with Gasteiger partial charge in [0, 0.05) is 22.9 Å². The quantitative estimate of drug-likeness (QED) is 0.755. The molecule has 3 N–H and O–H groups in total. The lowest BCUT2D eigenvalue weighted by Crippen LogP contribution is -2.32. The number of amides is 1. The number of nitrogens with two attached hydrogens (primary N) is 1. The molecule has 0 radical (unpaired) electrons. The maximum Gasteiger partial charge on any atom is 0.222 e. The molecule has 0 aromatic carbocycles. The van der Waals surface area contributed by atoms with Gasteiger partial charge in [0.15, 0.2) is 0 Å². The van der Waals surface area contributed by atoms with Crippen LogP contribution in [0, 0.1) is 0 Å². The van der Waals surface area contributed by atoms with Gasteiger partial charge in [0.25, 0.3) is 0 Å². The van der Waals surface area contributed by atoms with E-state index in [-0.39, 0.29) is 12.0 Å². The standard InChI is InChI=1S/C13H22N2O2S/c1-3-11-5-6-12(18-11)9-15-13(16)7-10(8-14)17-4-2/h5-6,10H,3-4,7-9,14H2,1-2H3,(H,15,16). The van der Waals surface area contributed by atoms with Crippen LogP contribution in [0.5, 0.6) is 0 Å². The van der Waals surface area contributed by atoms with Crippen molar-refractivity contribution in [3.05, 3.63) is 21.9 Å². The van der Waals surface area contributed by atoms with Crippen LogP contribution in [0.2, 0.25) is 0 Å². The number of rotatable bonds is 8. The Morgan fingerprint density at radius 3 is 2.72 bits per heavy atom. The number of carbonyl (C=O) groups is 1. The molecular weight excluding hydrogens is 248 g/mol. The molecule has 4 nitrogen and oxygen atoms in total. The summed E-state index contributed by atoms with van der Waals surface area (Å²) in [7, 11) is 0. The van der Waals surface area contributed by atoms with Gasteiger partial charge < -0.3 is 15.8 Å². The van der Waals surface area contributed by atoms with Crippen molar-refractivity contribution >= 4 is 17.2 Å². The lowest BCUT2D eigenvalue weighted by atomic mass is 10.2. The van der Waals surface area contributed by atoms with E-state index in [1.54, 1.807) is 11.3 Å². The van der Waals surface area contributed by atoms with Gasteiger partial charge in [-0.25, -0.2) is 0 Å². The van der Waals surface area contributed by atoms with Gasteiger partial charge >= 0.3 is 0 Å². The fourth-order valence-electron chi connectivity index (χ4n) is 1.62. The summed E-state index contributed by atoms with van der Waals surface area (Å²) in [5.41, 5.74) is 5.53. The Kier molecular flexibility index (Phi) is 6.93. The third kappa shape index (κ3) is 5.16. The minimum atomic E-state index is -0.176. The second kappa shape index (κ2) is 8.24. The molecule has 0 saturated carbocycles. The first kappa shape index (κ1) is 15.1. The Bertz CT molecular complexity index is 366. The average Bonchev–Trinajstić information content (AvgIpc) is 2.83. The summed E-state index contributed by atoms with van der Waals surface area (Å²) in [5.74, 6) is -0.00894. The zero-order valence-electron chi connectivity index (χ0n) is 11.1. The fourth-order valence-corrected chi connectivity index (χ4v) is 2.52. The van der Waals surface area contributed by atoms with Crippen LogP contribution in [0.4, 0.5) is 0 Å². The summed E-state index contributed by atoms with van der Waals surface area (Å²) < 4.78 is 5.35. The highest BCUT2D eigenvalue weighted by molar-refractivity contribution is 7.11. The molecule has 0 aliphatic rings. The number of hydrogen-bond acceptors (Lipinski definition) is 4. The first-order chi connectivity index (χ1) is 8.69. The van der Waals surface area contributed by atoms with Crippen molar-refractivity contribution in [3.63, 3.8) is 0 Å². The molecule has 1 aromatic rings. The van der Waals surface area contributed by atoms with E-state index in [0.29, 0.717) is 26.1 Å². The van der Waals surface area contributed by atoms with Crippen molar-refractivity contribution in [1.29, 1.82) is 0 Å². The molecule has 1 unspecified atom stereocenters. The summed E-state index contributed by atoms with van der Waals surface area (Å²) in [6, 6.07) is 4.17. The van der Waals surface area contributed by atoms with E-state index < -0.39 is 0 Å². The molecule has 0 aliphatic heterocycles. The monoisotopic (exact) mass is 270 g/mol. The van der Waals surface area contributed by atoms with E-state index in [9.17, 15) is 4.79 Å². The summed E-state index contributed by atoms with van der Waals surface area (Å²) >= 11 is 1.74. The van der Waals surface area contributed by atoms with E-state index in [4.69, 9.17) is 10.5 Å². The molecule has 1 aromatic heterocycles. The molecule has 1 amide bonds. The Hall–Kier alpha value is -0.910. The van der Waals surface area contributed by atoms with Crippen LogP contribution < -0.4 is 11.1 Å². The Morgan fingerprint density at radius 2 is 2.17 bits per heavy atom. The topological polar surface area (TPSA) is 64.3 Å². The third-order valence-electron chi connectivity index (χ3n) is 2.60. The van der Waals surface area contributed by atoms with Crippen LogP contribution in [0.25, 0.3) is 0 Å². The molecule has 102 valence electrons. The minimum absolute atomic E-state index is 0.00894. The van der Waals surface area contributed by atoms with E-state index >= 15 is 0 Å². The Labute approximate surface area is 113 Å². The average molecular weight is 270 g/mol. The smallest absolute Gasteiger partial charge is 0.222 e. The number of nitrogens with one attached hydrogen (secondary N) is 1. The third-order valence-corrected chi connectivity index (χ3v) is 3.83. The zero-order chi connectivity index (χ0) is 13.4. The first-order valence-corrected chi connectivity index (χ1v) is 7.17. The molecule has 0 aliphatic carbocycles. The predicted molar refractivity (Wildman–Crippen MR) is 74.6 cm³/mol. The van der Waals surface area contributed by atoms with Crippen LogP contribution >= 0.6 is 11.3 Å². The van der Waals surface area contributed by atoms with E-state index in [1.807, 2.05) is 6.92 Å². The lowest BCUT2D eigenvalue weighted by molar-refractivity contribution is -0.123. The maximum atomic E-state index is 11.7. The van der Waals surface area contributed by atoms with Gasteiger partial charge in [-0.05, 0) is 25.5 Å². The summed E-state index contributed by atoms with van der Waals surface area (Å²) in [6.07, 6.45) is 1.19. The fraction of sp³-hybridized carbons (Fsp3) is 0.615. The second-order valence-corrected chi connectivity index (χ2v) is 5.27. The van der Waals surface area contributed by atoms with Crippen LogP contribution in [-0.2, 0) is 22.5 Å². The lowest BCUT2D eigenvalue weighted by Gasteiger charge is -2.14. The van der Waals surface area contributed by atoms with Crippen molar-refractivity contribution in [2.45, 2.75) is 39.3 Å². The SMILES string of the molecule is CCOC(CN)CC(=O)NCc1ccc(CC)s1. The highest BCUT2D eigenvalue weighted by Gasteiger charge is 2.12. The maximum absolute atomic E-state index is 11.7. The number of carbonyl (C=O) groups excluding carboxylic acids is 1. The van der Waals surface area contributed by atoms with Crippen molar-refractivity contribution in [1.82, 2.24) is 5.32 Å². The van der Waals surface area contributed by atoms with Crippen molar-refractivity contribution in [3.8, 4) is 0 Å². The number of thiophene rings is 1. The summed E-state index contributed by atoms with van der Waals surface area (Å²) in [5, 5.41) is 2.90. The normalized spacial score (nSPS) is 12.4. The van der Waals surface area contributed by atoms with Crippen molar-refractivity contribution in [2.75, 3.05) is 13.2 Å². The zero-order valence-corrected chi connectivity index (χ0v) is 11.9. The largest absolute Gasteiger partial charge is 0.377 e. The molecule has 1 rings (SSSR count). The molecule has 0 spiro atoms. The highest BCUT2D eigenvalue weighted by Crippen LogP contribution is 2.16. The minimum Gasteiger partial charge on any atom is -0.377 e. The van der Waals surface area contributed by atoms with Crippen molar-refractivity contribution < 1.29 is 9.53 Å². The van der Waals surface area contributed by atoms with Crippen LogP contribution in [-0.4, -0.2) is 25.2 Å². The van der Waals surface area contributed by atoms with Crippen LogP contribution in [0.1, 0.15) is 30.0 Å². The van der Waals surface area contributed by atoms with Crippen molar-refractivity contribution in [2.24, 2.45) is 5.73 Å². The van der Waals surface area contributed by atoms with Gasteiger partial charge in [-0.15, -0.1) is 11.3 Å². The number of hydrogen-bond donors (Lipinski definition) is 2. The molecule has 0 saturated heterocycles. The second-order valence-electron chi connectivity index (χ2n) is 4.02. The predicted octanol–water partition coefficient (Wildman–Crippen LogP) is 1.68. The number of aryl methyl sites for hydroxylation is 1. The van der Waals surface area contributed by atoms with Gasteiger partial charge in [-0.3, -0.25) is 4.79 Å². The van der Waals surface area contributed by atoms with Crippen LogP contribution in [0.15, 0.2) is 12.1 Å². The molecule has 1 heterocycles. The van der Waals surface area contributed by atoms with E-state index in [2.05, 4.69) is 24.4 Å². The summed E-state index contributed by atoms with van der Waals surface area (Å²) in [6.45, 7) is 5.58. The highest BCUT2D eigenvalue weighted by atomic mass is 32.1. The molecular formula is C13H22N2O2S. The molecule has 1 atom stereocenters. The van der Waals surface area contributed by atoms with Gasteiger partial charge in [0.2, 0.25) is 5.91 Å². The molecule has 5 heteroatoms. The van der Waals surface area contributed by atoms with E-state index in [0.717, 1.165) is 6.42 Å². The van der Waals surface area contributed by atoms with Gasteiger partial charge in [0.1, 0.15) is 0 Å². The van der Waals surface area contributed by atoms with E-state index in [1.165, 1.54) is 9.75 Å². The molecule has 0 fully saturated rings. The molecule has 0 bridgehead atoms. The van der Waals surface area contributed by atoms with Gasteiger partial charge in [0.05, 0.1) is 19.1 Å². The Balaban J connectivity index is 2.31. The van der Waals surface area contributed by atoms with Crippen LogP contribution in [0.3, 0.4) is 0 Å². The number of ether oxygens (including phenoxy) is 1. The Morgan fingerprint density at radius 1 is 1.44 bits per heavy atom. The molecule has 18 heavy (non-hydrogen) atoms. The van der Waals surface area contributed by atoms with Gasteiger partial charge in [-0.1, -0.05) is 6.92 Å². The van der Waals surface area contributed by atoms with Gasteiger partial charge in [-0.2, -0.15) is 0 Å². The summed E-state index contributed by atoms with van der Waals surface area (Å²) in [4.78, 5) is 14.2.